The van der Waals surface area contributed by atoms with Crippen molar-refractivity contribution < 1.29 is 9.53 Å². The van der Waals surface area contributed by atoms with Gasteiger partial charge in [0.15, 0.2) is 0 Å². The number of benzene rings is 1. The Bertz CT molecular complexity index is 436. The second kappa shape index (κ2) is 6.60. The maximum absolute atomic E-state index is 12.2. The first-order chi connectivity index (χ1) is 9.20. The van der Waals surface area contributed by atoms with E-state index in [0.717, 1.165) is 24.4 Å². The minimum Gasteiger partial charge on any atom is -0.496 e. The zero-order chi connectivity index (χ0) is 13.7. The lowest BCUT2D eigenvalue weighted by molar-refractivity contribution is 0.0948. The Labute approximate surface area is 115 Å². The number of amides is 1. The fourth-order valence-electron chi connectivity index (χ4n) is 2.78. The highest BCUT2D eigenvalue weighted by atomic mass is 16.5. The maximum Gasteiger partial charge on any atom is 0.255 e. The average Bonchev–Trinajstić information content (AvgIpc) is 2.91. The molecular weight excluding hydrogens is 238 g/mol. The fourth-order valence-corrected chi connectivity index (χ4v) is 2.78. The number of hydrogen-bond donors (Lipinski definition) is 1. The van der Waals surface area contributed by atoms with Crippen molar-refractivity contribution in [2.24, 2.45) is 5.92 Å². The number of methoxy groups -OCH3 is 1. The zero-order valence-corrected chi connectivity index (χ0v) is 11.9. The summed E-state index contributed by atoms with van der Waals surface area (Å²) in [4.78, 5) is 12.2. The number of carbonyl (C=O) groups excluding carboxylic acids is 1. The third-order valence-electron chi connectivity index (χ3n) is 3.91. The first-order valence-electron chi connectivity index (χ1n) is 7.13. The van der Waals surface area contributed by atoms with Gasteiger partial charge in [0.1, 0.15) is 5.75 Å². The molecule has 1 aliphatic carbocycles. The van der Waals surface area contributed by atoms with Crippen molar-refractivity contribution in [1.29, 1.82) is 0 Å². The highest BCUT2D eigenvalue weighted by molar-refractivity contribution is 5.97. The first kappa shape index (κ1) is 13.9. The molecule has 0 saturated heterocycles. The highest BCUT2D eigenvalue weighted by Gasteiger charge is 2.16. The Balaban J connectivity index is 1.89. The summed E-state index contributed by atoms with van der Waals surface area (Å²) in [6.07, 6.45) is 6.45. The van der Waals surface area contributed by atoms with Crippen LogP contribution in [0.2, 0.25) is 0 Å². The Hall–Kier alpha value is -1.51. The number of hydrogen-bond acceptors (Lipinski definition) is 2. The van der Waals surface area contributed by atoms with Gasteiger partial charge in [-0.2, -0.15) is 0 Å². The molecule has 0 aliphatic heterocycles. The van der Waals surface area contributed by atoms with Gasteiger partial charge >= 0.3 is 0 Å². The van der Waals surface area contributed by atoms with E-state index in [1.165, 1.54) is 25.7 Å². The minimum atomic E-state index is -0.0291. The second-order valence-corrected chi connectivity index (χ2v) is 5.40. The molecule has 104 valence electrons. The van der Waals surface area contributed by atoms with Crippen molar-refractivity contribution in [3.8, 4) is 5.75 Å². The van der Waals surface area contributed by atoms with Gasteiger partial charge in [-0.1, -0.05) is 37.3 Å². The molecule has 2 rings (SSSR count). The summed E-state index contributed by atoms with van der Waals surface area (Å²) in [6.45, 7) is 2.75. The van der Waals surface area contributed by atoms with Crippen molar-refractivity contribution >= 4 is 5.91 Å². The maximum atomic E-state index is 12.2. The van der Waals surface area contributed by atoms with Crippen LogP contribution in [0.15, 0.2) is 18.2 Å². The molecule has 0 bridgehead atoms. The lowest BCUT2D eigenvalue weighted by Gasteiger charge is -2.12. The molecular formula is C16H23NO2. The number of ether oxygens (including phenoxy) is 1. The molecule has 1 aromatic rings. The van der Waals surface area contributed by atoms with Crippen LogP contribution in [-0.4, -0.2) is 19.6 Å². The van der Waals surface area contributed by atoms with E-state index >= 15 is 0 Å². The quantitative estimate of drug-likeness (QED) is 0.883. The Kier molecular flexibility index (Phi) is 4.83. The van der Waals surface area contributed by atoms with Gasteiger partial charge in [-0.3, -0.25) is 4.79 Å². The van der Waals surface area contributed by atoms with Gasteiger partial charge in [-0.25, -0.2) is 0 Å². The Morgan fingerprint density at radius 1 is 1.37 bits per heavy atom. The van der Waals surface area contributed by atoms with Crippen LogP contribution in [0, 0.1) is 12.8 Å². The van der Waals surface area contributed by atoms with Crippen LogP contribution in [0.25, 0.3) is 0 Å². The molecule has 0 heterocycles. The molecule has 0 atom stereocenters. The van der Waals surface area contributed by atoms with Gasteiger partial charge in [0, 0.05) is 6.54 Å². The van der Waals surface area contributed by atoms with E-state index < -0.39 is 0 Å². The van der Waals surface area contributed by atoms with Gasteiger partial charge < -0.3 is 10.1 Å². The van der Waals surface area contributed by atoms with E-state index in [4.69, 9.17) is 4.74 Å². The van der Waals surface area contributed by atoms with E-state index in [0.29, 0.717) is 11.3 Å². The molecule has 19 heavy (non-hydrogen) atoms. The molecule has 1 N–H and O–H groups in total. The molecule has 1 fully saturated rings. The van der Waals surface area contributed by atoms with E-state index in [9.17, 15) is 4.79 Å². The molecule has 1 saturated carbocycles. The first-order valence-corrected chi connectivity index (χ1v) is 7.13. The summed E-state index contributed by atoms with van der Waals surface area (Å²) < 4.78 is 5.24. The molecule has 0 radical (unpaired) electrons. The smallest absolute Gasteiger partial charge is 0.255 e. The van der Waals surface area contributed by atoms with E-state index in [2.05, 4.69) is 5.32 Å². The van der Waals surface area contributed by atoms with Crippen molar-refractivity contribution in [2.45, 2.75) is 39.0 Å². The standard InChI is InChI=1S/C16H23NO2/c1-12-7-8-15(19-2)14(11-12)16(18)17-10-9-13-5-3-4-6-13/h7-8,11,13H,3-6,9-10H2,1-2H3,(H,17,18). The molecule has 1 amide bonds. The van der Waals surface area contributed by atoms with E-state index in [-0.39, 0.29) is 5.91 Å². The zero-order valence-electron chi connectivity index (χ0n) is 11.9. The van der Waals surface area contributed by atoms with Crippen LogP contribution in [0.4, 0.5) is 0 Å². The van der Waals surface area contributed by atoms with Gasteiger partial charge in [-0.15, -0.1) is 0 Å². The molecule has 3 nitrogen and oxygen atoms in total. The number of carbonyl (C=O) groups is 1. The lowest BCUT2D eigenvalue weighted by atomic mass is 10.0. The summed E-state index contributed by atoms with van der Waals surface area (Å²) in [5, 5.41) is 3.01. The van der Waals surface area contributed by atoms with Crippen molar-refractivity contribution in [3.63, 3.8) is 0 Å². The van der Waals surface area contributed by atoms with Gasteiger partial charge in [0.2, 0.25) is 0 Å². The lowest BCUT2D eigenvalue weighted by Crippen LogP contribution is -2.26. The Morgan fingerprint density at radius 3 is 2.79 bits per heavy atom. The summed E-state index contributed by atoms with van der Waals surface area (Å²) >= 11 is 0. The largest absolute Gasteiger partial charge is 0.496 e. The van der Waals surface area contributed by atoms with Crippen LogP contribution in [-0.2, 0) is 0 Å². The van der Waals surface area contributed by atoms with Gasteiger partial charge in [0.25, 0.3) is 5.91 Å². The molecule has 1 aromatic carbocycles. The monoisotopic (exact) mass is 261 g/mol. The van der Waals surface area contributed by atoms with Gasteiger partial charge in [0.05, 0.1) is 12.7 Å². The predicted molar refractivity (Wildman–Crippen MR) is 76.6 cm³/mol. The molecule has 1 aliphatic rings. The number of nitrogens with one attached hydrogen (secondary N) is 1. The Morgan fingerprint density at radius 2 is 2.11 bits per heavy atom. The number of aryl methyl sites for hydroxylation is 1. The van der Waals surface area contributed by atoms with Crippen LogP contribution >= 0.6 is 0 Å². The molecule has 0 aromatic heterocycles. The summed E-state index contributed by atoms with van der Waals surface area (Å²) in [5.41, 5.74) is 1.70. The number of rotatable bonds is 5. The van der Waals surface area contributed by atoms with Crippen LogP contribution in [0.1, 0.15) is 48.0 Å². The second-order valence-electron chi connectivity index (χ2n) is 5.40. The van der Waals surface area contributed by atoms with Gasteiger partial charge in [-0.05, 0) is 31.4 Å². The van der Waals surface area contributed by atoms with Crippen LogP contribution in [0.3, 0.4) is 0 Å². The summed E-state index contributed by atoms with van der Waals surface area (Å²) in [7, 11) is 1.60. The molecule has 0 unspecified atom stereocenters. The van der Waals surface area contributed by atoms with Crippen LogP contribution in [0.5, 0.6) is 5.75 Å². The van der Waals surface area contributed by atoms with Crippen LogP contribution < -0.4 is 10.1 Å². The topological polar surface area (TPSA) is 38.3 Å². The van der Waals surface area contributed by atoms with Crippen molar-refractivity contribution in [1.82, 2.24) is 5.32 Å². The minimum absolute atomic E-state index is 0.0291. The fraction of sp³-hybridized carbons (Fsp3) is 0.562. The summed E-state index contributed by atoms with van der Waals surface area (Å²) in [5.74, 6) is 1.42. The summed E-state index contributed by atoms with van der Waals surface area (Å²) in [6, 6.07) is 5.68. The predicted octanol–water partition coefficient (Wildman–Crippen LogP) is 3.31. The van der Waals surface area contributed by atoms with E-state index in [1.807, 2.05) is 25.1 Å². The average molecular weight is 261 g/mol. The van der Waals surface area contributed by atoms with Crippen molar-refractivity contribution in [2.75, 3.05) is 13.7 Å². The SMILES string of the molecule is COc1ccc(C)cc1C(=O)NCCC1CCCC1. The van der Waals surface area contributed by atoms with Crippen molar-refractivity contribution in [3.05, 3.63) is 29.3 Å². The normalized spacial score (nSPS) is 15.5. The molecule has 3 heteroatoms. The molecule has 0 spiro atoms. The third-order valence-corrected chi connectivity index (χ3v) is 3.91. The highest BCUT2D eigenvalue weighted by Crippen LogP contribution is 2.27. The van der Waals surface area contributed by atoms with E-state index in [1.54, 1.807) is 7.11 Å². The third kappa shape index (κ3) is 3.72.